The van der Waals surface area contributed by atoms with Gasteiger partial charge in [-0.1, -0.05) is 73.5 Å². The van der Waals surface area contributed by atoms with Crippen molar-refractivity contribution < 1.29 is 9.53 Å². The molecule has 1 amide bonds. The average Bonchev–Trinajstić information content (AvgIpc) is 2.62. The van der Waals surface area contributed by atoms with Crippen molar-refractivity contribution in [1.82, 2.24) is 5.32 Å². The van der Waals surface area contributed by atoms with Gasteiger partial charge >= 0.3 is 0 Å². The Morgan fingerprint density at radius 3 is 1.69 bits per heavy atom. The van der Waals surface area contributed by atoms with E-state index in [1.807, 2.05) is 13.8 Å². The van der Waals surface area contributed by atoms with Crippen molar-refractivity contribution in [2.45, 2.75) is 58.8 Å². The molecule has 0 bridgehead atoms. The van der Waals surface area contributed by atoms with Gasteiger partial charge in [0.2, 0.25) is 5.91 Å². The molecule has 26 heavy (non-hydrogen) atoms. The lowest BCUT2D eigenvalue weighted by atomic mass is 9.90. The molecule has 1 unspecified atom stereocenters. The second-order valence-electron chi connectivity index (χ2n) is 7.77. The molecule has 1 saturated heterocycles. The highest BCUT2D eigenvalue weighted by Gasteiger charge is 2.32. The number of ether oxygens (including phenoxy) is 1. The molecule has 3 heteroatoms. The van der Waals surface area contributed by atoms with Crippen LogP contribution < -0.4 is 5.32 Å². The van der Waals surface area contributed by atoms with E-state index in [4.69, 9.17) is 4.74 Å². The van der Waals surface area contributed by atoms with E-state index in [0.717, 1.165) is 12.8 Å². The van der Waals surface area contributed by atoms with Gasteiger partial charge in [-0.25, -0.2) is 0 Å². The molecule has 138 valence electrons. The summed E-state index contributed by atoms with van der Waals surface area (Å²) >= 11 is 0. The zero-order valence-corrected chi connectivity index (χ0v) is 16.2. The van der Waals surface area contributed by atoms with Crippen LogP contribution >= 0.6 is 0 Å². The number of carbonyl (C=O) groups excluding carboxylic acids is 1. The molecule has 1 N–H and O–H groups in total. The summed E-state index contributed by atoms with van der Waals surface area (Å²) < 4.78 is 6.46. The minimum absolute atomic E-state index is 0.00602. The second kappa shape index (κ2) is 8.05. The lowest BCUT2D eigenvalue weighted by Crippen LogP contribution is -2.42. The molecule has 1 heterocycles. The number of benzene rings is 2. The molecule has 2 aromatic rings. The van der Waals surface area contributed by atoms with Gasteiger partial charge in [0.25, 0.3) is 0 Å². The average molecular weight is 351 g/mol. The molecule has 0 spiro atoms. The molecule has 2 aromatic carbocycles. The molecular weight excluding hydrogens is 322 g/mol. The van der Waals surface area contributed by atoms with Crippen LogP contribution in [0, 0.1) is 19.8 Å². The van der Waals surface area contributed by atoms with Crippen molar-refractivity contribution in [1.29, 1.82) is 0 Å². The van der Waals surface area contributed by atoms with Crippen LogP contribution in [-0.2, 0) is 9.53 Å². The molecule has 0 aliphatic carbocycles. The summed E-state index contributed by atoms with van der Waals surface area (Å²) in [6.45, 7) is 8.05. The number of hydrogen-bond donors (Lipinski definition) is 1. The fourth-order valence-electron chi connectivity index (χ4n) is 3.40. The lowest BCUT2D eigenvalue weighted by molar-refractivity contribution is -0.127. The first-order valence-electron chi connectivity index (χ1n) is 9.51. The van der Waals surface area contributed by atoms with Crippen LogP contribution in [0.3, 0.4) is 0 Å². The topological polar surface area (TPSA) is 38.3 Å². The molecule has 0 aromatic heterocycles. The van der Waals surface area contributed by atoms with Crippen molar-refractivity contribution >= 4 is 5.91 Å². The quantitative estimate of drug-likeness (QED) is 0.838. The smallest absolute Gasteiger partial charge is 0.222 e. The minimum Gasteiger partial charge on any atom is -0.365 e. The molecule has 1 aliphatic rings. The molecule has 3 atom stereocenters. The monoisotopic (exact) mass is 351 g/mol. The van der Waals surface area contributed by atoms with E-state index in [1.54, 1.807) is 0 Å². The van der Waals surface area contributed by atoms with Crippen molar-refractivity contribution in [3.63, 3.8) is 0 Å². The largest absolute Gasteiger partial charge is 0.365 e. The Labute approximate surface area is 156 Å². The van der Waals surface area contributed by atoms with Gasteiger partial charge in [-0.3, -0.25) is 4.79 Å². The maximum Gasteiger partial charge on any atom is 0.222 e. The molecule has 3 rings (SSSR count). The van der Waals surface area contributed by atoms with Gasteiger partial charge in [0.1, 0.15) is 0 Å². The fourth-order valence-corrected chi connectivity index (χ4v) is 3.40. The van der Waals surface area contributed by atoms with Gasteiger partial charge < -0.3 is 10.1 Å². The molecule has 3 nitrogen and oxygen atoms in total. The molecular formula is C23H29NO2. The van der Waals surface area contributed by atoms with Crippen molar-refractivity contribution in [3.8, 4) is 0 Å². The van der Waals surface area contributed by atoms with E-state index in [9.17, 15) is 4.79 Å². The Morgan fingerprint density at radius 2 is 1.31 bits per heavy atom. The van der Waals surface area contributed by atoms with E-state index >= 15 is 0 Å². The SMILES string of the molecule is Cc1ccc([C@@H]2CC(NC(=O)C(C)C)C[C@H](c3ccc(C)cc3)O2)cc1. The van der Waals surface area contributed by atoms with Crippen molar-refractivity contribution in [3.05, 3.63) is 70.8 Å². The van der Waals surface area contributed by atoms with E-state index in [2.05, 4.69) is 67.7 Å². The van der Waals surface area contributed by atoms with E-state index < -0.39 is 0 Å². The van der Waals surface area contributed by atoms with Gasteiger partial charge in [0, 0.05) is 12.0 Å². The Bertz CT molecular complexity index is 680. The van der Waals surface area contributed by atoms with Gasteiger partial charge in [-0.15, -0.1) is 0 Å². The zero-order chi connectivity index (χ0) is 18.7. The number of hydrogen-bond acceptors (Lipinski definition) is 2. The van der Waals surface area contributed by atoms with Crippen LogP contribution in [-0.4, -0.2) is 11.9 Å². The summed E-state index contributed by atoms with van der Waals surface area (Å²) in [6.07, 6.45) is 1.61. The predicted octanol–water partition coefficient (Wildman–Crippen LogP) is 5.04. The van der Waals surface area contributed by atoms with Gasteiger partial charge in [0.05, 0.1) is 12.2 Å². The predicted molar refractivity (Wildman–Crippen MR) is 105 cm³/mol. The second-order valence-corrected chi connectivity index (χ2v) is 7.77. The first-order chi connectivity index (χ1) is 12.4. The number of aryl methyl sites for hydroxylation is 2. The molecule has 1 aliphatic heterocycles. The summed E-state index contributed by atoms with van der Waals surface area (Å²) in [4.78, 5) is 12.2. The summed E-state index contributed by atoms with van der Waals surface area (Å²) in [6, 6.07) is 17.2. The summed E-state index contributed by atoms with van der Waals surface area (Å²) in [5.41, 5.74) is 4.83. The Kier molecular flexibility index (Phi) is 5.77. The van der Waals surface area contributed by atoms with Crippen molar-refractivity contribution in [2.24, 2.45) is 5.92 Å². The first kappa shape index (κ1) is 18.7. The van der Waals surface area contributed by atoms with Gasteiger partial charge in [-0.05, 0) is 37.8 Å². The summed E-state index contributed by atoms with van der Waals surface area (Å²) in [7, 11) is 0. The van der Waals surface area contributed by atoms with Crippen LogP contribution in [0.2, 0.25) is 0 Å². The number of carbonyl (C=O) groups is 1. The highest BCUT2D eigenvalue weighted by molar-refractivity contribution is 5.78. The minimum atomic E-state index is -0.00637. The standard InChI is InChI=1S/C23H29NO2/c1-15(2)23(25)24-20-13-21(18-9-5-16(3)6-10-18)26-22(14-20)19-11-7-17(4)8-12-19/h5-12,15,20-22H,13-14H2,1-4H3,(H,24,25)/t20?,21-,22+. The zero-order valence-electron chi connectivity index (χ0n) is 16.2. The van der Waals surface area contributed by atoms with Crippen LogP contribution in [0.1, 0.15) is 61.2 Å². The van der Waals surface area contributed by atoms with Crippen LogP contribution in [0.5, 0.6) is 0 Å². The van der Waals surface area contributed by atoms with Crippen LogP contribution in [0.25, 0.3) is 0 Å². The molecule has 1 fully saturated rings. The van der Waals surface area contributed by atoms with Crippen LogP contribution in [0.4, 0.5) is 0 Å². The van der Waals surface area contributed by atoms with Gasteiger partial charge in [0.15, 0.2) is 0 Å². The highest BCUT2D eigenvalue weighted by atomic mass is 16.5. The molecule has 0 radical (unpaired) electrons. The third-order valence-corrected chi connectivity index (χ3v) is 5.09. The van der Waals surface area contributed by atoms with Gasteiger partial charge in [-0.2, -0.15) is 0 Å². The van der Waals surface area contributed by atoms with Crippen LogP contribution in [0.15, 0.2) is 48.5 Å². The maximum atomic E-state index is 12.2. The lowest BCUT2D eigenvalue weighted by Gasteiger charge is -2.36. The Balaban J connectivity index is 1.83. The third kappa shape index (κ3) is 4.53. The molecule has 0 saturated carbocycles. The summed E-state index contributed by atoms with van der Waals surface area (Å²) in [5.74, 6) is 0.107. The highest BCUT2D eigenvalue weighted by Crippen LogP contribution is 2.39. The number of rotatable bonds is 4. The first-order valence-corrected chi connectivity index (χ1v) is 9.51. The Hall–Kier alpha value is -2.13. The summed E-state index contributed by atoms with van der Waals surface area (Å²) in [5, 5.41) is 3.22. The van der Waals surface area contributed by atoms with E-state index in [-0.39, 0.29) is 30.1 Å². The number of amides is 1. The van der Waals surface area contributed by atoms with E-state index in [1.165, 1.54) is 22.3 Å². The number of nitrogens with one attached hydrogen (secondary N) is 1. The normalized spacial score (nSPS) is 23.0. The van der Waals surface area contributed by atoms with Crippen molar-refractivity contribution in [2.75, 3.05) is 0 Å². The third-order valence-electron chi connectivity index (χ3n) is 5.09. The maximum absolute atomic E-state index is 12.2. The Morgan fingerprint density at radius 1 is 0.885 bits per heavy atom. The fraction of sp³-hybridized carbons (Fsp3) is 0.435. The van der Waals surface area contributed by atoms with E-state index in [0.29, 0.717) is 0 Å².